The third-order valence-corrected chi connectivity index (χ3v) is 2.02. The van der Waals surface area contributed by atoms with Gasteiger partial charge in [-0.2, -0.15) is 0 Å². The Morgan fingerprint density at radius 2 is 2.00 bits per heavy atom. The van der Waals surface area contributed by atoms with Gasteiger partial charge in [0.1, 0.15) is 0 Å². The second kappa shape index (κ2) is 6.40. The third kappa shape index (κ3) is 3.96. The van der Waals surface area contributed by atoms with Crippen molar-refractivity contribution < 1.29 is 9.90 Å². The minimum absolute atomic E-state index is 0.335. The molecule has 1 aromatic carbocycles. The zero-order valence-corrected chi connectivity index (χ0v) is 8.97. The Balaban J connectivity index is 2.73. The molecule has 1 N–H and O–H groups in total. The lowest BCUT2D eigenvalue weighted by Gasteiger charge is -1.94. The van der Waals surface area contributed by atoms with Crippen molar-refractivity contribution in [2.24, 2.45) is 0 Å². The predicted octanol–water partition coefficient (Wildman–Crippen LogP) is 3.29. The lowest BCUT2D eigenvalue weighted by Crippen LogP contribution is -1.98. The van der Waals surface area contributed by atoms with Gasteiger partial charge in [0.15, 0.2) is 0 Å². The van der Waals surface area contributed by atoms with Crippen LogP contribution in [-0.4, -0.2) is 11.1 Å². The minimum Gasteiger partial charge on any atom is -0.478 e. The highest BCUT2D eigenvalue weighted by Gasteiger charge is 2.02. The van der Waals surface area contributed by atoms with Crippen LogP contribution in [0.25, 0.3) is 6.08 Å². The highest BCUT2D eigenvalue weighted by Crippen LogP contribution is 2.05. The van der Waals surface area contributed by atoms with E-state index in [2.05, 4.69) is 6.58 Å². The first-order chi connectivity index (χ1) is 7.74. The van der Waals surface area contributed by atoms with E-state index in [0.717, 1.165) is 5.56 Å². The second-order valence-electron chi connectivity index (χ2n) is 3.26. The highest BCUT2D eigenvalue weighted by atomic mass is 16.4. The van der Waals surface area contributed by atoms with Crippen LogP contribution in [0, 0.1) is 0 Å². The molecule has 0 aliphatic carbocycles. The van der Waals surface area contributed by atoms with Crippen LogP contribution in [-0.2, 0) is 4.79 Å². The fraction of sp³-hybridized carbons (Fsp3) is 0.0714. The quantitative estimate of drug-likeness (QED) is 0.464. The Labute approximate surface area is 95.2 Å². The van der Waals surface area contributed by atoms with Crippen molar-refractivity contribution in [2.45, 2.75) is 6.42 Å². The number of carbonyl (C=O) groups is 1. The van der Waals surface area contributed by atoms with Crippen molar-refractivity contribution in [3.63, 3.8) is 0 Å². The molecule has 1 aromatic rings. The number of carboxylic acid groups (broad SMARTS) is 1. The van der Waals surface area contributed by atoms with Crippen LogP contribution in [0.2, 0.25) is 0 Å². The van der Waals surface area contributed by atoms with Crippen LogP contribution in [0.1, 0.15) is 12.0 Å². The summed E-state index contributed by atoms with van der Waals surface area (Å²) in [6.45, 7) is 3.52. The molecule has 0 aromatic heterocycles. The lowest BCUT2D eigenvalue weighted by atomic mass is 10.1. The van der Waals surface area contributed by atoms with Gasteiger partial charge < -0.3 is 5.11 Å². The summed E-state index contributed by atoms with van der Waals surface area (Å²) in [5, 5.41) is 8.85. The Kier molecular flexibility index (Phi) is 4.80. The predicted molar refractivity (Wildman–Crippen MR) is 66.0 cm³/mol. The first-order valence-corrected chi connectivity index (χ1v) is 5.00. The summed E-state index contributed by atoms with van der Waals surface area (Å²) < 4.78 is 0. The summed E-state index contributed by atoms with van der Waals surface area (Å²) in [5.74, 6) is -0.905. The number of benzene rings is 1. The Hall–Kier alpha value is -2.09. The summed E-state index contributed by atoms with van der Waals surface area (Å²) >= 11 is 0. The summed E-state index contributed by atoms with van der Waals surface area (Å²) in [6, 6.07) is 9.72. The van der Waals surface area contributed by atoms with Crippen LogP contribution < -0.4 is 0 Å². The fourth-order valence-electron chi connectivity index (χ4n) is 1.22. The summed E-state index contributed by atoms with van der Waals surface area (Å²) in [7, 11) is 0. The van der Waals surface area contributed by atoms with Crippen molar-refractivity contribution in [3.8, 4) is 0 Å². The Bertz CT molecular complexity index is 414. The molecule has 0 aliphatic rings. The summed E-state index contributed by atoms with van der Waals surface area (Å²) in [5.41, 5.74) is 1.38. The average molecular weight is 214 g/mol. The molecule has 0 unspecified atom stereocenters. The average Bonchev–Trinajstić information content (AvgIpc) is 2.29. The van der Waals surface area contributed by atoms with Gasteiger partial charge in [0.05, 0.1) is 0 Å². The van der Waals surface area contributed by atoms with Crippen LogP contribution in [0.3, 0.4) is 0 Å². The molecular formula is C14H14O2. The Morgan fingerprint density at radius 1 is 1.31 bits per heavy atom. The van der Waals surface area contributed by atoms with E-state index in [1.807, 2.05) is 36.4 Å². The van der Waals surface area contributed by atoms with Gasteiger partial charge in [-0.1, -0.05) is 54.6 Å². The maximum atomic E-state index is 10.8. The van der Waals surface area contributed by atoms with E-state index in [9.17, 15) is 4.79 Å². The maximum Gasteiger partial charge on any atom is 0.331 e. The number of hydrogen-bond donors (Lipinski definition) is 1. The number of allylic oxidation sites excluding steroid dienone is 3. The van der Waals surface area contributed by atoms with Crippen molar-refractivity contribution in [1.29, 1.82) is 0 Å². The van der Waals surface area contributed by atoms with Gasteiger partial charge in [-0.05, 0) is 12.0 Å². The third-order valence-electron chi connectivity index (χ3n) is 2.02. The van der Waals surface area contributed by atoms with Crippen LogP contribution in [0.15, 0.2) is 60.7 Å². The van der Waals surface area contributed by atoms with Gasteiger partial charge in [0.25, 0.3) is 0 Å². The van der Waals surface area contributed by atoms with Crippen LogP contribution in [0.5, 0.6) is 0 Å². The largest absolute Gasteiger partial charge is 0.478 e. The molecule has 0 bridgehead atoms. The normalized spacial score (nSPS) is 11.6. The first kappa shape index (κ1) is 12.0. The molecule has 2 heteroatoms. The van der Waals surface area contributed by atoms with Gasteiger partial charge in [-0.15, -0.1) is 6.58 Å². The number of carboxylic acids is 1. The Morgan fingerprint density at radius 3 is 2.56 bits per heavy atom. The van der Waals surface area contributed by atoms with Gasteiger partial charge >= 0.3 is 5.97 Å². The van der Waals surface area contributed by atoms with E-state index in [-0.39, 0.29) is 0 Å². The maximum absolute atomic E-state index is 10.8. The van der Waals surface area contributed by atoms with Crippen molar-refractivity contribution in [3.05, 3.63) is 66.3 Å². The molecule has 0 spiro atoms. The van der Waals surface area contributed by atoms with E-state index < -0.39 is 5.97 Å². The molecule has 82 valence electrons. The minimum atomic E-state index is -0.905. The molecule has 0 radical (unpaired) electrons. The standard InChI is InChI=1S/C14H14O2/c1-2-7-13(14(15)16)11-6-10-12-8-4-3-5-9-12/h2-6,8-11H,1,7H2,(H,15,16). The molecule has 0 heterocycles. The first-order valence-electron chi connectivity index (χ1n) is 5.00. The fourth-order valence-corrected chi connectivity index (χ4v) is 1.22. The van der Waals surface area contributed by atoms with Crippen molar-refractivity contribution >= 4 is 12.0 Å². The summed E-state index contributed by atoms with van der Waals surface area (Å²) in [6.07, 6.45) is 7.15. The van der Waals surface area contributed by atoms with E-state index in [4.69, 9.17) is 5.11 Å². The molecule has 1 rings (SSSR count). The van der Waals surface area contributed by atoms with E-state index in [0.29, 0.717) is 12.0 Å². The number of aliphatic carboxylic acids is 1. The van der Waals surface area contributed by atoms with Crippen molar-refractivity contribution in [2.75, 3.05) is 0 Å². The van der Waals surface area contributed by atoms with Crippen LogP contribution in [0.4, 0.5) is 0 Å². The SMILES string of the molecule is C=CCC(=CC=Cc1ccccc1)C(=O)O. The molecule has 0 aliphatic heterocycles. The van der Waals surface area contributed by atoms with E-state index >= 15 is 0 Å². The van der Waals surface area contributed by atoms with Gasteiger partial charge in [0, 0.05) is 5.57 Å². The molecule has 2 nitrogen and oxygen atoms in total. The smallest absolute Gasteiger partial charge is 0.331 e. The molecule has 0 amide bonds. The number of rotatable bonds is 5. The van der Waals surface area contributed by atoms with E-state index in [1.165, 1.54) is 0 Å². The topological polar surface area (TPSA) is 37.3 Å². The summed E-state index contributed by atoms with van der Waals surface area (Å²) in [4.78, 5) is 10.8. The lowest BCUT2D eigenvalue weighted by molar-refractivity contribution is -0.132. The van der Waals surface area contributed by atoms with Gasteiger partial charge in [-0.3, -0.25) is 0 Å². The van der Waals surface area contributed by atoms with E-state index in [1.54, 1.807) is 18.2 Å². The second-order valence-corrected chi connectivity index (χ2v) is 3.26. The molecule has 16 heavy (non-hydrogen) atoms. The molecule has 0 saturated carbocycles. The van der Waals surface area contributed by atoms with Gasteiger partial charge in [0.2, 0.25) is 0 Å². The monoisotopic (exact) mass is 214 g/mol. The van der Waals surface area contributed by atoms with Crippen molar-refractivity contribution in [1.82, 2.24) is 0 Å². The molecular weight excluding hydrogens is 200 g/mol. The number of hydrogen-bond acceptors (Lipinski definition) is 1. The molecule has 0 saturated heterocycles. The zero-order valence-electron chi connectivity index (χ0n) is 8.97. The molecule has 0 fully saturated rings. The zero-order chi connectivity index (χ0) is 11.8. The highest BCUT2D eigenvalue weighted by molar-refractivity contribution is 5.87. The molecule has 0 atom stereocenters. The van der Waals surface area contributed by atoms with Crippen LogP contribution >= 0.6 is 0 Å². The van der Waals surface area contributed by atoms with Gasteiger partial charge in [-0.25, -0.2) is 4.79 Å².